The quantitative estimate of drug-likeness (QED) is 0.784. The third kappa shape index (κ3) is 3.56. The SMILES string of the molecule is CSC(C)CCNc1c(F)cc(N)cc1F. The van der Waals surface area contributed by atoms with Gasteiger partial charge < -0.3 is 11.1 Å². The molecule has 0 aromatic heterocycles. The Morgan fingerprint density at radius 1 is 1.38 bits per heavy atom. The first-order chi connectivity index (χ1) is 7.54. The third-order valence-corrected chi connectivity index (χ3v) is 3.36. The van der Waals surface area contributed by atoms with E-state index >= 15 is 0 Å². The molecule has 0 fully saturated rings. The Kier molecular flexibility index (Phi) is 4.86. The first-order valence-electron chi connectivity index (χ1n) is 5.05. The van der Waals surface area contributed by atoms with Crippen molar-refractivity contribution in [3.05, 3.63) is 23.8 Å². The summed E-state index contributed by atoms with van der Waals surface area (Å²) >= 11 is 1.72. The van der Waals surface area contributed by atoms with Crippen LogP contribution in [0.1, 0.15) is 13.3 Å². The highest BCUT2D eigenvalue weighted by Crippen LogP contribution is 2.22. The van der Waals surface area contributed by atoms with Crippen molar-refractivity contribution in [2.24, 2.45) is 0 Å². The molecule has 0 aliphatic heterocycles. The number of thioether (sulfide) groups is 1. The maximum absolute atomic E-state index is 13.3. The van der Waals surface area contributed by atoms with Crippen LogP contribution in [0.15, 0.2) is 12.1 Å². The molecule has 90 valence electrons. The van der Waals surface area contributed by atoms with Crippen molar-refractivity contribution in [2.45, 2.75) is 18.6 Å². The first kappa shape index (κ1) is 13.1. The van der Waals surface area contributed by atoms with Crippen molar-refractivity contribution in [1.82, 2.24) is 0 Å². The van der Waals surface area contributed by atoms with Crippen LogP contribution in [-0.4, -0.2) is 18.1 Å². The molecule has 1 atom stereocenters. The average molecular weight is 246 g/mol. The maximum Gasteiger partial charge on any atom is 0.151 e. The zero-order valence-electron chi connectivity index (χ0n) is 9.39. The van der Waals surface area contributed by atoms with E-state index in [0.717, 1.165) is 18.6 Å². The van der Waals surface area contributed by atoms with Gasteiger partial charge in [-0.05, 0) is 24.8 Å². The maximum atomic E-state index is 13.3. The van der Waals surface area contributed by atoms with Crippen molar-refractivity contribution in [2.75, 3.05) is 23.9 Å². The Morgan fingerprint density at radius 2 is 1.94 bits per heavy atom. The Balaban J connectivity index is 2.60. The lowest BCUT2D eigenvalue weighted by Crippen LogP contribution is -2.10. The second kappa shape index (κ2) is 5.94. The molecule has 0 radical (unpaired) electrons. The second-order valence-corrected chi connectivity index (χ2v) is 4.90. The van der Waals surface area contributed by atoms with Crippen molar-refractivity contribution in [3.63, 3.8) is 0 Å². The molecule has 0 heterocycles. The Morgan fingerprint density at radius 3 is 2.44 bits per heavy atom. The van der Waals surface area contributed by atoms with E-state index in [2.05, 4.69) is 12.2 Å². The molecule has 0 bridgehead atoms. The van der Waals surface area contributed by atoms with Gasteiger partial charge >= 0.3 is 0 Å². The molecular weight excluding hydrogens is 230 g/mol. The summed E-state index contributed by atoms with van der Waals surface area (Å²) in [6, 6.07) is 2.23. The van der Waals surface area contributed by atoms with E-state index in [1.54, 1.807) is 11.8 Å². The van der Waals surface area contributed by atoms with Gasteiger partial charge in [0.1, 0.15) is 5.69 Å². The van der Waals surface area contributed by atoms with Gasteiger partial charge in [0.25, 0.3) is 0 Å². The summed E-state index contributed by atoms with van der Waals surface area (Å²) in [6.07, 6.45) is 2.86. The minimum absolute atomic E-state index is 0.0949. The number of hydrogen-bond donors (Lipinski definition) is 2. The van der Waals surface area contributed by atoms with E-state index in [1.165, 1.54) is 0 Å². The van der Waals surface area contributed by atoms with Crippen LogP contribution in [0.3, 0.4) is 0 Å². The predicted molar refractivity (Wildman–Crippen MR) is 66.9 cm³/mol. The lowest BCUT2D eigenvalue weighted by Gasteiger charge is -2.11. The number of nitrogens with one attached hydrogen (secondary N) is 1. The molecule has 0 amide bonds. The highest BCUT2D eigenvalue weighted by atomic mass is 32.2. The van der Waals surface area contributed by atoms with Crippen molar-refractivity contribution in [1.29, 1.82) is 0 Å². The van der Waals surface area contributed by atoms with E-state index < -0.39 is 11.6 Å². The molecule has 0 aliphatic carbocycles. The lowest BCUT2D eigenvalue weighted by molar-refractivity contribution is 0.588. The number of benzene rings is 1. The normalized spacial score (nSPS) is 12.5. The Labute approximate surface area is 98.6 Å². The molecule has 1 unspecified atom stereocenters. The minimum atomic E-state index is -0.644. The van der Waals surface area contributed by atoms with Gasteiger partial charge in [0.15, 0.2) is 11.6 Å². The highest BCUT2D eigenvalue weighted by Gasteiger charge is 2.09. The van der Waals surface area contributed by atoms with Crippen molar-refractivity contribution in [3.8, 4) is 0 Å². The van der Waals surface area contributed by atoms with E-state index in [0.29, 0.717) is 11.8 Å². The summed E-state index contributed by atoms with van der Waals surface area (Å²) in [7, 11) is 0. The second-order valence-electron chi connectivity index (χ2n) is 3.62. The van der Waals surface area contributed by atoms with Crippen LogP contribution in [0, 0.1) is 11.6 Å². The topological polar surface area (TPSA) is 38.0 Å². The summed E-state index contributed by atoms with van der Waals surface area (Å²) in [5.41, 5.74) is 5.32. The number of anilines is 2. The highest BCUT2D eigenvalue weighted by molar-refractivity contribution is 7.99. The fourth-order valence-corrected chi connectivity index (χ4v) is 1.63. The van der Waals surface area contributed by atoms with Gasteiger partial charge in [0.05, 0.1) is 0 Å². The smallest absolute Gasteiger partial charge is 0.151 e. The van der Waals surface area contributed by atoms with Gasteiger partial charge in [-0.15, -0.1) is 0 Å². The van der Waals surface area contributed by atoms with E-state index in [-0.39, 0.29) is 11.4 Å². The molecule has 1 rings (SSSR count). The monoisotopic (exact) mass is 246 g/mol. The van der Waals surface area contributed by atoms with Crippen molar-refractivity contribution < 1.29 is 8.78 Å². The molecule has 16 heavy (non-hydrogen) atoms. The van der Waals surface area contributed by atoms with Crippen LogP contribution in [0.5, 0.6) is 0 Å². The summed E-state index contributed by atoms with van der Waals surface area (Å²) in [5.74, 6) is -1.29. The fourth-order valence-electron chi connectivity index (χ4n) is 1.28. The van der Waals surface area contributed by atoms with Crippen LogP contribution in [-0.2, 0) is 0 Å². The average Bonchev–Trinajstić information content (AvgIpc) is 2.21. The van der Waals surface area contributed by atoms with Gasteiger partial charge in [-0.1, -0.05) is 6.92 Å². The number of halogens is 2. The van der Waals surface area contributed by atoms with Crippen LogP contribution in [0.2, 0.25) is 0 Å². The van der Waals surface area contributed by atoms with Crippen LogP contribution in [0.4, 0.5) is 20.2 Å². The van der Waals surface area contributed by atoms with Crippen LogP contribution >= 0.6 is 11.8 Å². The molecule has 1 aromatic rings. The van der Waals surface area contributed by atoms with Gasteiger partial charge in [0, 0.05) is 17.5 Å². The summed E-state index contributed by atoms with van der Waals surface area (Å²) in [6.45, 7) is 2.61. The molecule has 0 saturated carbocycles. The number of nitrogens with two attached hydrogens (primary N) is 1. The van der Waals surface area contributed by atoms with Gasteiger partial charge in [-0.3, -0.25) is 0 Å². The molecular formula is C11H16F2N2S. The molecule has 3 N–H and O–H groups in total. The zero-order chi connectivity index (χ0) is 12.1. The number of nitrogen functional groups attached to an aromatic ring is 1. The summed E-state index contributed by atoms with van der Waals surface area (Å²) < 4.78 is 26.7. The molecule has 5 heteroatoms. The first-order valence-corrected chi connectivity index (χ1v) is 6.34. The Hall–Kier alpha value is -0.970. The minimum Gasteiger partial charge on any atom is -0.399 e. The van der Waals surface area contributed by atoms with Gasteiger partial charge in [-0.25, -0.2) is 8.78 Å². The predicted octanol–water partition coefficient (Wildman–Crippen LogP) is 3.10. The largest absolute Gasteiger partial charge is 0.399 e. The molecule has 0 aliphatic rings. The zero-order valence-corrected chi connectivity index (χ0v) is 10.2. The van der Waals surface area contributed by atoms with Crippen LogP contribution < -0.4 is 11.1 Å². The fraction of sp³-hybridized carbons (Fsp3) is 0.455. The number of hydrogen-bond acceptors (Lipinski definition) is 3. The molecule has 0 saturated heterocycles. The summed E-state index contributed by atoms with van der Waals surface area (Å²) in [5, 5.41) is 3.22. The van der Waals surface area contributed by atoms with Gasteiger partial charge in [-0.2, -0.15) is 11.8 Å². The Bertz CT molecular complexity index is 335. The number of rotatable bonds is 5. The van der Waals surface area contributed by atoms with E-state index in [4.69, 9.17) is 5.73 Å². The molecule has 1 aromatic carbocycles. The lowest BCUT2D eigenvalue weighted by atomic mass is 10.2. The standard InChI is InChI=1S/C11H16F2N2S/c1-7(16-2)3-4-15-11-9(12)5-8(14)6-10(11)13/h5-7,15H,3-4,14H2,1-2H3. The molecule has 2 nitrogen and oxygen atoms in total. The van der Waals surface area contributed by atoms with E-state index in [1.807, 2.05) is 6.26 Å². The summed E-state index contributed by atoms with van der Waals surface area (Å²) in [4.78, 5) is 0. The van der Waals surface area contributed by atoms with E-state index in [9.17, 15) is 8.78 Å². The van der Waals surface area contributed by atoms with Gasteiger partial charge in [0.2, 0.25) is 0 Å². The van der Waals surface area contributed by atoms with Crippen molar-refractivity contribution >= 4 is 23.1 Å². The van der Waals surface area contributed by atoms with Crippen LogP contribution in [0.25, 0.3) is 0 Å². The third-order valence-electron chi connectivity index (χ3n) is 2.32. The molecule has 0 spiro atoms.